The largest absolute Gasteiger partial charge is 0.486 e. The van der Waals surface area contributed by atoms with Gasteiger partial charge in [0.05, 0.1) is 17.0 Å². The molecule has 8 nitrogen and oxygen atoms in total. The average Bonchev–Trinajstić information content (AvgIpc) is 3.41. The van der Waals surface area contributed by atoms with Crippen LogP contribution in [0.1, 0.15) is 82.3 Å². The van der Waals surface area contributed by atoms with Crippen molar-refractivity contribution in [3.8, 4) is 11.5 Å². The van der Waals surface area contributed by atoms with Gasteiger partial charge in [0.1, 0.15) is 19.3 Å². The van der Waals surface area contributed by atoms with Crippen molar-refractivity contribution in [3.05, 3.63) is 23.8 Å². The van der Waals surface area contributed by atoms with Crippen molar-refractivity contribution in [3.63, 3.8) is 0 Å². The molecule has 2 N–H and O–H groups in total. The number of aliphatic hydroxyl groups is 1. The Bertz CT molecular complexity index is 957. The van der Waals surface area contributed by atoms with E-state index >= 15 is 0 Å². The Labute approximate surface area is 215 Å². The quantitative estimate of drug-likeness (QED) is 0.406. The maximum atomic E-state index is 12.8. The summed E-state index contributed by atoms with van der Waals surface area (Å²) < 4.78 is 36.4. The maximum absolute atomic E-state index is 12.8. The first kappa shape index (κ1) is 27.2. The van der Waals surface area contributed by atoms with Crippen LogP contribution in [0.15, 0.2) is 18.2 Å². The van der Waals surface area contributed by atoms with E-state index in [-0.39, 0.29) is 16.9 Å². The van der Waals surface area contributed by atoms with Crippen molar-refractivity contribution in [2.45, 2.75) is 88.0 Å². The Morgan fingerprint density at radius 1 is 1.00 bits per heavy atom. The number of sulfone groups is 1. The highest BCUT2D eigenvalue weighted by atomic mass is 32.2. The lowest BCUT2D eigenvalue weighted by Crippen LogP contribution is -2.46. The number of carbonyl (C=O) groups excluding carboxylic acids is 1. The summed E-state index contributed by atoms with van der Waals surface area (Å²) in [5, 5.41) is 14.1. The van der Waals surface area contributed by atoms with Crippen LogP contribution < -0.4 is 14.8 Å². The van der Waals surface area contributed by atoms with Gasteiger partial charge in [0, 0.05) is 13.0 Å². The number of nitrogens with zero attached hydrogens (tertiary/aromatic N) is 1. The lowest BCUT2D eigenvalue weighted by atomic mass is 10.0. The molecule has 202 valence electrons. The number of nitrogens with one attached hydrogen (secondary N) is 1. The molecule has 9 heteroatoms. The molecule has 0 aromatic heterocycles. The monoisotopic (exact) mass is 522 g/mol. The molecule has 4 rings (SSSR count). The third-order valence-electron chi connectivity index (χ3n) is 7.68. The summed E-state index contributed by atoms with van der Waals surface area (Å²) in [6.07, 6.45) is 8.44. The number of rotatable bonds is 12. The average molecular weight is 523 g/mol. The number of hydrogen-bond acceptors (Lipinski definition) is 7. The summed E-state index contributed by atoms with van der Waals surface area (Å²) in [4.78, 5) is 15.1. The molecule has 1 aliphatic carbocycles. The minimum absolute atomic E-state index is 0.106. The van der Waals surface area contributed by atoms with E-state index in [0.717, 1.165) is 58.0 Å². The van der Waals surface area contributed by atoms with Crippen molar-refractivity contribution in [2.24, 2.45) is 0 Å². The van der Waals surface area contributed by atoms with Gasteiger partial charge >= 0.3 is 0 Å². The van der Waals surface area contributed by atoms with Gasteiger partial charge in [-0.15, -0.1) is 0 Å². The number of likely N-dealkylation sites (tertiary alicyclic amines) is 1. The fourth-order valence-corrected chi connectivity index (χ4v) is 7.57. The molecule has 3 aliphatic rings. The van der Waals surface area contributed by atoms with Crippen LogP contribution in [0.2, 0.25) is 0 Å². The fraction of sp³-hybridized carbons (Fsp3) is 0.741. The number of fused-ring (bicyclic) bond motifs is 1. The predicted molar refractivity (Wildman–Crippen MR) is 139 cm³/mol. The molecule has 1 amide bonds. The zero-order valence-electron chi connectivity index (χ0n) is 21.3. The summed E-state index contributed by atoms with van der Waals surface area (Å²) in [5.41, 5.74) is 0.691. The van der Waals surface area contributed by atoms with Gasteiger partial charge in [0.2, 0.25) is 5.91 Å². The van der Waals surface area contributed by atoms with Gasteiger partial charge in [-0.2, -0.15) is 0 Å². The van der Waals surface area contributed by atoms with E-state index in [1.165, 1.54) is 0 Å². The number of benzene rings is 1. The molecule has 2 heterocycles. The van der Waals surface area contributed by atoms with Crippen molar-refractivity contribution < 1.29 is 27.8 Å². The van der Waals surface area contributed by atoms with Gasteiger partial charge in [-0.25, -0.2) is 8.42 Å². The zero-order chi connectivity index (χ0) is 25.4. The Hall–Kier alpha value is -1.84. The molecule has 0 spiro atoms. The molecule has 0 bridgehead atoms. The van der Waals surface area contributed by atoms with Crippen LogP contribution in [-0.4, -0.2) is 74.2 Å². The van der Waals surface area contributed by atoms with E-state index in [1.807, 2.05) is 12.1 Å². The highest BCUT2D eigenvalue weighted by molar-refractivity contribution is 7.92. The molecule has 2 aliphatic heterocycles. The molecule has 1 aromatic rings. The van der Waals surface area contributed by atoms with Crippen molar-refractivity contribution >= 4 is 15.7 Å². The number of aliphatic hydroxyl groups excluding tert-OH is 1. The second-order valence-corrected chi connectivity index (χ2v) is 12.9. The normalized spacial score (nSPS) is 20.7. The van der Waals surface area contributed by atoms with E-state index < -0.39 is 22.0 Å². The Morgan fingerprint density at radius 3 is 2.47 bits per heavy atom. The number of amides is 1. The third kappa shape index (κ3) is 7.59. The van der Waals surface area contributed by atoms with Crippen LogP contribution in [0, 0.1) is 0 Å². The molecule has 0 radical (unpaired) electrons. The minimum atomic E-state index is -3.02. The number of carbonyl (C=O) groups is 1. The first-order valence-corrected chi connectivity index (χ1v) is 15.4. The first-order valence-electron chi connectivity index (χ1n) is 13.7. The van der Waals surface area contributed by atoms with Gasteiger partial charge in [-0.05, 0) is 69.3 Å². The van der Waals surface area contributed by atoms with Gasteiger partial charge in [0.25, 0.3) is 0 Å². The molecule has 1 saturated carbocycles. The van der Waals surface area contributed by atoms with E-state index in [2.05, 4.69) is 10.2 Å². The maximum Gasteiger partial charge on any atom is 0.220 e. The Morgan fingerprint density at radius 2 is 1.72 bits per heavy atom. The summed E-state index contributed by atoms with van der Waals surface area (Å²) >= 11 is 0. The van der Waals surface area contributed by atoms with Gasteiger partial charge < -0.3 is 24.8 Å². The second kappa shape index (κ2) is 13.1. The summed E-state index contributed by atoms with van der Waals surface area (Å²) in [6.45, 7) is 3.50. The minimum Gasteiger partial charge on any atom is -0.486 e. The highest BCUT2D eigenvalue weighted by Gasteiger charge is 2.28. The molecule has 1 unspecified atom stereocenters. The second-order valence-electron chi connectivity index (χ2n) is 10.5. The van der Waals surface area contributed by atoms with E-state index in [0.29, 0.717) is 62.5 Å². The standard InChI is InChI=1S/C27H42N2O6S/c30-26(11-5-2-8-18-36(32,33)22-9-3-1-4-10-22)28-23(20-29-14-6-7-15-29)27(31)21-12-13-24-25(19-21)35-17-16-34-24/h12-13,19,22-23,27,31H,1-11,14-18,20H2,(H,28,30)/t23-,27?/m1/s1. The predicted octanol–water partition coefficient (Wildman–Crippen LogP) is 3.38. The molecule has 2 atom stereocenters. The van der Waals surface area contributed by atoms with Crippen molar-refractivity contribution in [2.75, 3.05) is 38.6 Å². The first-order chi connectivity index (χ1) is 17.4. The molecular weight excluding hydrogens is 480 g/mol. The zero-order valence-corrected chi connectivity index (χ0v) is 22.1. The van der Waals surface area contributed by atoms with E-state index in [4.69, 9.17) is 9.47 Å². The van der Waals surface area contributed by atoms with Crippen molar-refractivity contribution in [1.29, 1.82) is 0 Å². The smallest absolute Gasteiger partial charge is 0.220 e. The van der Waals surface area contributed by atoms with E-state index in [1.54, 1.807) is 6.07 Å². The Kier molecular flexibility index (Phi) is 9.90. The van der Waals surface area contributed by atoms with Crippen LogP contribution in [0.25, 0.3) is 0 Å². The molecule has 2 fully saturated rings. The van der Waals surface area contributed by atoms with Crippen molar-refractivity contribution in [1.82, 2.24) is 10.2 Å². The van der Waals surface area contributed by atoms with Crippen LogP contribution >= 0.6 is 0 Å². The highest BCUT2D eigenvalue weighted by Crippen LogP contribution is 2.33. The fourth-order valence-electron chi connectivity index (χ4n) is 5.58. The summed E-state index contributed by atoms with van der Waals surface area (Å²) in [7, 11) is -3.02. The number of unbranched alkanes of at least 4 members (excludes halogenated alkanes) is 2. The molecule has 1 aromatic carbocycles. The van der Waals surface area contributed by atoms with E-state index in [9.17, 15) is 18.3 Å². The van der Waals surface area contributed by atoms with Gasteiger partial charge in [-0.3, -0.25) is 4.79 Å². The van der Waals surface area contributed by atoms with Crippen LogP contribution in [-0.2, 0) is 14.6 Å². The van der Waals surface area contributed by atoms with Gasteiger partial charge in [-0.1, -0.05) is 31.7 Å². The molecular formula is C27H42N2O6S. The van der Waals surface area contributed by atoms with Gasteiger partial charge in [0.15, 0.2) is 21.3 Å². The summed E-state index contributed by atoms with van der Waals surface area (Å²) in [5.74, 6) is 1.40. The lowest BCUT2D eigenvalue weighted by Gasteiger charge is -2.29. The Balaban J connectivity index is 1.27. The molecule has 36 heavy (non-hydrogen) atoms. The number of ether oxygens (including phenoxy) is 2. The SMILES string of the molecule is O=C(CCCCCS(=O)(=O)C1CCCCC1)N[C@H](CN1CCCC1)C(O)c1ccc2c(c1)OCCO2. The van der Waals surface area contributed by atoms with Crippen LogP contribution in [0.4, 0.5) is 0 Å². The van der Waals surface area contributed by atoms with Crippen LogP contribution in [0.3, 0.4) is 0 Å². The lowest BCUT2D eigenvalue weighted by molar-refractivity contribution is -0.123. The third-order valence-corrected chi connectivity index (χ3v) is 10.0. The molecule has 1 saturated heterocycles. The number of hydrogen-bond donors (Lipinski definition) is 2. The van der Waals surface area contributed by atoms with Crippen LogP contribution in [0.5, 0.6) is 11.5 Å². The summed E-state index contributed by atoms with van der Waals surface area (Å²) in [6, 6.07) is 5.00. The topological polar surface area (TPSA) is 105 Å².